The number of nitrogens with zero attached hydrogens (tertiary/aromatic N) is 2. The van der Waals surface area contributed by atoms with Crippen LogP contribution in [0.25, 0.3) is 11.0 Å². The molecule has 0 spiro atoms. The minimum Gasteiger partial charge on any atom is -0.478 e. The fraction of sp³-hybridized carbons (Fsp3) is 0.471. The van der Waals surface area contributed by atoms with Crippen LogP contribution in [0, 0.1) is 6.92 Å². The molecule has 0 aliphatic carbocycles. The molecule has 1 amide bonds. The maximum atomic E-state index is 11.6. The molecule has 2 aromatic rings. The van der Waals surface area contributed by atoms with Crippen LogP contribution in [0.3, 0.4) is 0 Å². The molecule has 0 fully saturated rings. The molecule has 1 aromatic heterocycles. The number of carboxylic acids is 1. The smallest absolute Gasteiger partial charge is 0.407 e. The Hall–Kier alpha value is -2.57. The van der Waals surface area contributed by atoms with Crippen molar-refractivity contribution < 1.29 is 19.4 Å². The summed E-state index contributed by atoms with van der Waals surface area (Å²) < 4.78 is 7.19. The number of alkyl carbamates (subject to hydrolysis) is 1. The molecule has 0 aliphatic rings. The summed E-state index contributed by atoms with van der Waals surface area (Å²) in [6, 6.07) is 4.90. The lowest BCUT2D eigenvalue weighted by molar-refractivity contribution is 0.0526. The molecule has 7 nitrogen and oxygen atoms in total. The van der Waals surface area contributed by atoms with Crippen LogP contribution in [0.2, 0.25) is 0 Å². The van der Waals surface area contributed by atoms with Gasteiger partial charge >= 0.3 is 12.1 Å². The highest BCUT2D eigenvalue weighted by Crippen LogP contribution is 2.18. The van der Waals surface area contributed by atoms with Gasteiger partial charge in [-0.2, -0.15) is 0 Å². The van der Waals surface area contributed by atoms with Crippen LogP contribution in [0.15, 0.2) is 18.2 Å². The molecule has 1 aromatic carbocycles. The topological polar surface area (TPSA) is 93.5 Å². The average molecular weight is 333 g/mol. The van der Waals surface area contributed by atoms with Gasteiger partial charge in [-0.05, 0) is 52.3 Å². The monoisotopic (exact) mass is 333 g/mol. The third kappa shape index (κ3) is 4.47. The maximum absolute atomic E-state index is 11.6. The van der Waals surface area contributed by atoms with Crippen molar-refractivity contribution in [1.82, 2.24) is 14.9 Å². The van der Waals surface area contributed by atoms with E-state index >= 15 is 0 Å². The molecule has 2 N–H and O–H groups in total. The molecule has 24 heavy (non-hydrogen) atoms. The van der Waals surface area contributed by atoms with Gasteiger partial charge in [-0.3, -0.25) is 0 Å². The molecule has 2 rings (SSSR count). The molecule has 0 saturated heterocycles. The summed E-state index contributed by atoms with van der Waals surface area (Å²) in [7, 11) is 0. The van der Waals surface area contributed by atoms with Crippen LogP contribution in [0.1, 0.15) is 43.4 Å². The minimum atomic E-state index is -0.967. The van der Waals surface area contributed by atoms with Crippen molar-refractivity contribution in [2.45, 2.75) is 46.3 Å². The van der Waals surface area contributed by atoms with E-state index < -0.39 is 17.7 Å². The Bertz CT molecular complexity index is 759. The molecular formula is C17H23N3O4. The lowest BCUT2D eigenvalue weighted by atomic mass is 10.2. The lowest BCUT2D eigenvalue weighted by Gasteiger charge is -2.19. The number of aromatic carboxylic acids is 1. The van der Waals surface area contributed by atoms with Crippen LogP contribution in [-0.2, 0) is 11.3 Å². The second-order valence-corrected chi connectivity index (χ2v) is 6.60. The number of aryl methyl sites for hydroxylation is 2. The number of ether oxygens (including phenoxy) is 1. The second kappa shape index (κ2) is 6.90. The number of rotatable bonds is 5. The van der Waals surface area contributed by atoms with Crippen molar-refractivity contribution in [3.05, 3.63) is 29.6 Å². The van der Waals surface area contributed by atoms with Crippen molar-refractivity contribution in [3.63, 3.8) is 0 Å². The number of amides is 1. The molecule has 0 aliphatic heterocycles. The van der Waals surface area contributed by atoms with Gasteiger partial charge in [0, 0.05) is 13.1 Å². The summed E-state index contributed by atoms with van der Waals surface area (Å²) in [6.45, 7) is 8.49. The van der Waals surface area contributed by atoms with E-state index in [0.29, 0.717) is 25.0 Å². The highest BCUT2D eigenvalue weighted by Gasteiger charge is 2.15. The van der Waals surface area contributed by atoms with E-state index in [-0.39, 0.29) is 5.56 Å². The number of carboxylic acid groups (broad SMARTS) is 1. The van der Waals surface area contributed by atoms with E-state index in [1.807, 2.05) is 32.3 Å². The Kier molecular flexibility index (Phi) is 5.11. The first-order valence-electron chi connectivity index (χ1n) is 7.84. The van der Waals surface area contributed by atoms with Crippen LogP contribution >= 0.6 is 0 Å². The zero-order chi connectivity index (χ0) is 17.9. The standard InChI is InChI=1S/C17H23N3O4/c1-11-19-13-10-12(15(21)22)6-7-14(13)20(11)9-5-8-18-16(23)24-17(2,3)4/h6-7,10H,5,8-9H2,1-4H3,(H,18,23)(H,21,22). The van der Waals surface area contributed by atoms with Crippen molar-refractivity contribution in [1.29, 1.82) is 0 Å². The van der Waals surface area contributed by atoms with Crippen LogP contribution < -0.4 is 5.32 Å². The van der Waals surface area contributed by atoms with Gasteiger partial charge in [0.15, 0.2) is 0 Å². The second-order valence-electron chi connectivity index (χ2n) is 6.60. The normalized spacial score (nSPS) is 11.5. The fourth-order valence-corrected chi connectivity index (χ4v) is 2.41. The van der Waals surface area contributed by atoms with Crippen LogP contribution in [-0.4, -0.2) is 38.9 Å². The predicted molar refractivity (Wildman–Crippen MR) is 90.3 cm³/mol. The summed E-state index contributed by atoms with van der Waals surface area (Å²) in [5, 5.41) is 11.8. The first-order valence-corrected chi connectivity index (χ1v) is 7.84. The molecule has 0 radical (unpaired) electrons. The zero-order valence-corrected chi connectivity index (χ0v) is 14.4. The van der Waals surface area contributed by atoms with E-state index in [9.17, 15) is 9.59 Å². The Morgan fingerprint density at radius 1 is 1.33 bits per heavy atom. The highest BCUT2D eigenvalue weighted by molar-refractivity contribution is 5.92. The van der Waals surface area contributed by atoms with Crippen LogP contribution in [0.4, 0.5) is 4.79 Å². The van der Waals surface area contributed by atoms with E-state index in [2.05, 4.69) is 10.3 Å². The predicted octanol–water partition coefficient (Wildman–Crippen LogP) is 2.96. The van der Waals surface area contributed by atoms with Gasteiger partial charge in [-0.1, -0.05) is 0 Å². The van der Waals surface area contributed by atoms with Gasteiger partial charge in [-0.25, -0.2) is 14.6 Å². The number of hydrogen-bond acceptors (Lipinski definition) is 4. The van der Waals surface area contributed by atoms with Gasteiger partial charge in [0.2, 0.25) is 0 Å². The first-order chi connectivity index (χ1) is 11.2. The summed E-state index contributed by atoms with van der Waals surface area (Å²) in [5.41, 5.74) is 1.25. The summed E-state index contributed by atoms with van der Waals surface area (Å²) >= 11 is 0. The van der Waals surface area contributed by atoms with E-state index in [1.54, 1.807) is 18.2 Å². The van der Waals surface area contributed by atoms with Gasteiger partial charge in [0.05, 0.1) is 16.6 Å². The quantitative estimate of drug-likeness (QED) is 0.821. The van der Waals surface area contributed by atoms with Gasteiger partial charge in [-0.15, -0.1) is 0 Å². The fourth-order valence-electron chi connectivity index (χ4n) is 2.41. The van der Waals surface area contributed by atoms with Crippen molar-refractivity contribution in [2.24, 2.45) is 0 Å². The number of imidazole rings is 1. The molecule has 0 unspecified atom stereocenters. The third-order valence-electron chi connectivity index (χ3n) is 3.41. The Morgan fingerprint density at radius 3 is 2.67 bits per heavy atom. The van der Waals surface area contributed by atoms with Gasteiger partial charge < -0.3 is 19.7 Å². The van der Waals surface area contributed by atoms with Crippen molar-refractivity contribution >= 4 is 23.1 Å². The van der Waals surface area contributed by atoms with Crippen molar-refractivity contribution in [3.8, 4) is 0 Å². The SMILES string of the molecule is Cc1nc2cc(C(=O)O)ccc2n1CCCNC(=O)OC(C)(C)C. The first kappa shape index (κ1) is 17.8. The molecule has 0 atom stereocenters. The van der Waals surface area contributed by atoms with E-state index in [0.717, 1.165) is 11.3 Å². The zero-order valence-electron chi connectivity index (χ0n) is 14.4. The summed E-state index contributed by atoms with van der Waals surface area (Å²) in [6.07, 6.45) is 0.285. The Morgan fingerprint density at radius 2 is 2.04 bits per heavy atom. The van der Waals surface area contributed by atoms with E-state index in [4.69, 9.17) is 9.84 Å². The summed E-state index contributed by atoms with van der Waals surface area (Å²) in [4.78, 5) is 27.0. The van der Waals surface area contributed by atoms with E-state index in [1.165, 1.54) is 0 Å². The molecule has 130 valence electrons. The highest BCUT2D eigenvalue weighted by atomic mass is 16.6. The van der Waals surface area contributed by atoms with Crippen molar-refractivity contribution in [2.75, 3.05) is 6.54 Å². The number of fused-ring (bicyclic) bond motifs is 1. The number of carbonyl (C=O) groups excluding carboxylic acids is 1. The number of carbonyl (C=O) groups is 2. The molecular weight excluding hydrogens is 310 g/mol. The van der Waals surface area contributed by atoms with Crippen LogP contribution in [0.5, 0.6) is 0 Å². The molecule has 7 heteroatoms. The summed E-state index contributed by atoms with van der Waals surface area (Å²) in [5.74, 6) is -0.157. The third-order valence-corrected chi connectivity index (χ3v) is 3.41. The average Bonchev–Trinajstić information content (AvgIpc) is 2.76. The Balaban J connectivity index is 1.97. The number of aromatic nitrogens is 2. The number of hydrogen-bond donors (Lipinski definition) is 2. The Labute approximate surface area is 140 Å². The molecule has 0 bridgehead atoms. The minimum absolute atomic E-state index is 0.221. The molecule has 1 heterocycles. The lowest BCUT2D eigenvalue weighted by Crippen LogP contribution is -2.33. The van der Waals surface area contributed by atoms with Gasteiger partial charge in [0.25, 0.3) is 0 Å². The largest absolute Gasteiger partial charge is 0.478 e. The molecule has 0 saturated carbocycles. The number of nitrogens with one attached hydrogen (secondary N) is 1. The van der Waals surface area contributed by atoms with Gasteiger partial charge in [0.1, 0.15) is 11.4 Å². The maximum Gasteiger partial charge on any atom is 0.407 e. The number of benzene rings is 1.